The molecule has 0 radical (unpaired) electrons. The predicted octanol–water partition coefficient (Wildman–Crippen LogP) is 9.63. The average Bonchev–Trinajstić information content (AvgIpc) is 3.25. The third-order valence-electron chi connectivity index (χ3n) is 7.99. The molecule has 6 aromatic carbocycles. The van der Waals surface area contributed by atoms with E-state index in [1.165, 1.54) is 82.0 Å². The molecule has 1 aliphatic rings. The first-order valence-electron chi connectivity index (χ1n) is 12.6. The zero-order valence-electron chi connectivity index (χ0n) is 20.3. The molecule has 168 valence electrons. The lowest BCUT2D eigenvalue weighted by atomic mass is 9.88. The van der Waals surface area contributed by atoms with Crippen LogP contribution >= 0.6 is 0 Å². The van der Waals surface area contributed by atoms with Crippen molar-refractivity contribution in [3.63, 3.8) is 0 Å². The van der Waals surface area contributed by atoms with Gasteiger partial charge in [0.2, 0.25) is 0 Å². The Labute approximate surface area is 209 Å². The van der Waals surface area contributed by atoms with Gasteiger partial charge in [0.1, 0.15) is 0 Å². The molecular formula is C35H23N. The zero-order chi connectivity index (χ0) is 24.0. The summed E-state index contributed by atoms with van der Waals surface area (Å²) >= 11 is 0. The van der Waals surface area contributed by atoms with Crippen LogP contribution in [0.1, 0.15) is 11.1 Å². The Morgan fingerprint density at radius 1 is 0.500 bits per heavy atom. The summed E-state index contributed by atoms with van der Waals surface area (Å²) in [7, 11) is 0. The lowest BCUT2D eigenvalue weighted by molar-refractivity contribution is 1.36. The summed E-state index contributed by atoms with van der Waals surface area (Å²) in [5.74, 6) is 0. The van der Waals surface area contributed by atoms with Gasteiger partial charge in [-0.25, -0.2) is 0 Å². The van der Waals surface area contributed by atoms with Gasteiger partial charge in [0, 0.05) is 17.1 Å². The molecule has 0 bridgehead atoms. The minimum absolute atomic E-state index is 1.02. The molecule has 0 amide bonds. The monoisotopic (exact) mass is 457 g/mol. The number of aryl methyl sites for hydroxylation is 2. The van der Waals surface area contributed by atoms with Crippen molar-refractivity contribution in [3.8, 4) is 33.5 Å². The molecule has 1 heterocycles. The number of rotatable bonds is 1. The van der Waals surface area contributed by atoms with Crippen LogP contribution in [-0.2, 0) is 0 Å². The van der Waals surface area contributed by atoms with Crippen LogP contribution in [0.5, 0.6) is 0 Å². The first kappa shape index (κ1) is 19.8. The number of pyridine rings is 1. The van der Waals surface area contributed by atoms with E-state index >= 15 is 0 Å². The van der Waals surface area contributed by atoms with E-state index in [2.05, 4.69) is 111 Å². The maximum absolute atomic E-state index is 4.94. The molecule has 0 saturated carbocycles. The first-order valence-corrected chi connectivity index (χ1v) is 12.6. The van der Waals surface area contributed by atoms with Crippen molar-refractivity contribution in [3.05, 3.63) is 114 Å². The second-order valence-electron chi connectivity index (χ2n) is 10.1. The summed E-state index contributed by atoms with van der Waals surface area (Å²) in [4.78, 5) is 4.94. The second kappa shape index (κ2) is 7.02. The highest BCUT2D eigenvalue weighted by atomic mass is 14.7. The van der Waals surface area contributed by atoms with Gasteiger partial charge in [-0.15, -0.1) is 0 Å². The number of nitrogens with zero attached hydrogens (tertiary/aromatic N) is 1. The van der Waals surface area contributed by atoms with Crippen LogP contribution in [0.4, 0.5) is 0 Å². The van der Waals surface area contributed by atoms with Gasteiger partial charge < -0.3 is 0 Å². The minimum Gasteiger partial charge on any atom is -0.256 e. The molecule has 1 aliphatic carbocycles. The normalized spacial score (nSPS) is 12.2. The fourth-order valence-corrected chi connectivity index (χ4v) is 6.30. The Morgan fingerprint density at radius 3 is 2.11 bits per heavy atom. The maximum atomic E-state index is 4.94. The summed E-state index contributed by atoms with van der Waals surface area (Å²) in [6, 6.07) is 35.8. The van der Waals surface area contributed by atoms with E-state index in [1.54, 1.807) is 0 Å². The highest BCUT2D eigenvalue weighted by molar-refractivity contribution is 6.29. The molecular weight excluding hydrogens is 434 g/mol. The Kier molecular flexibility index (Phi) is 3.86. The fourth-order valence-electron chi connectivity index (χ4n) is 6.30. The Hall–Kier alpha value is -4.49. The van der Waals surface area contributed by atoms with Crippen molar-refractivity contribution in [2.45, 2.75) is 13.8 Å². The molecule has 1 heteroatoms. The third kappa shape index (κ3) is 2.58. The number of fused-ring (bicyclic) bond motifs is 8. The van der Waals surface area contributed by atoms with E-state index in [0.29, 0.717) is 0 Å². The lowest BCUT2D eigenvalue weighted by Gasteiger charge is -2.15. The SMILES string of the molecule is Cc1ccc2c(c1)c(-c1cc3ccccc3cn1)cc1c3ccc(C)c4c3c(cc21)-c1ccccc1-4. The number of aromatic nitrogens is 1. The van der Waals surface area contributed by atoms with Crippen LogP contribution in [0.25, 0.3) is 76.6 Å². The van der Waals surface area contributed by atoms with Crippen LogP contribution in [-0.4, -0.2) is 4.98 Å². The van der Waals surface area contributed by atoms with Gasteiger partial charge in [-0.05, 0) is 97.6 Å². The minimum atomic E-state index is 1.02. The van der Waals surface area contributed by atoms with Crippen molar-refractivity contribution in [1.29, 1.82) is 0 Å². The Bertz CT molecular complexity index is 2060. The van der Waals surface area contributed by atoms with Crippen LogP contribution in [0.2, 0.25) is 0 Å². The third-order valence-corrected chi connectivity index (χ3v) is 7.99. The molecule has 0 aliphatic heterocycles. The average molecular weight is 458 g/mol. The summed E-state index contributed by atoms with van der Waals surface area (Å²) in [5, 5.41) is 10.2. The van der Waals surface area contributed by atoms with Crippen LogP contribution in [0.3, 0.4) is 0 Å². The number of benzene rings is 6. The summed E-state index contributed by atoms with van der Waals surface area (Å²) < 4.78 is 0. The van der Waals surface area contributed by atoms with Gasteiger partial charge in [-0.2, -0.15) is 0 Å². The largest absolute Gasteiger partial charge is 0.256 e. The van der Waals surface area contributed by atoms with Gasteiger partial charge in [0.25, 0.3) is 0 Å². The highest BCUT2D eigenvalue weighted by Crippen LogP contribution is 2.52. The quantitative estimate of drug-likeness (QED) is 0.224. The molecule has 8 rings (SSSR count). The second-order valence-corrected chi connectivity index (χ2v) is 10.1. The van der Waals surface area contributed by atoms with Crippen molar-refractivity contribution < 1.29 is 0 Å². The first-order chi connectivity index (χ1) is 17.7. The number of hydrogen-bond donors (Lipinski definition) is 0. The lowest BCUT2D eigenvalue weighted by Crippen LogP contribution is -1.91. The molecule has 1 aromatic heterocycles. The van der Waals surface area contributed by atoms with Gasteiger partial charge in [-0.3, -0.25) is 4.98 Å². The summed E-state index contributed by atoms with van der Waals surface area (Å²) in [5.41, 5.74) is 10.2. The topological polar surface area (TPSA) is 12.9 Å². The predicted molar refractivity (Wildman–Crippen MR) is 154 cm³/mol. The highest BCUT2D eigenvalue weighted by Gasteiger charge is 2.25. The van der Waals surface area contributed by atoms with E-state index in [4.69, 9.17) is 4.98 Å². The molecule has 0 N–H and O–H groups in total. The smallest absolute Gasteiger partial charge is 0.0714 e. The van der Waals surface area contributed by atoms with Gasteiger partial charge in [0.15, 0.2) is 0 Å². The molecule has 36 heavy (non-hydrogen) atoms. The molecule has 0 spiro atoms. The molecule has 0 fully saturated rings. The van der Waals surface area contributed by atoms with Crippen molar-refractivity contribution in [2.24, 2.45) is 0 Å². The molecule has 7 aromatic rings. The summed E-state index contributed by atoms with van der Waals surface area (Å²) in [6.07, 6.45) is 2.00. The van der Waals surface area contributed by atoms with Crippen LogP contribution in [0, 0.1) is 13.8 Å². The van der Waals surface area contributed by atoms with Crippen molar-refractivity contribution in [1.82, 2.24) is 4.98 Å². The Balaban J connectivity index is 1.56. The van der Waals surface area contributed by atoms with Gasteiger partial charge >= 0.3 is 0 Å². The van der Waals surface area contributed by atoms with E-state index in [1.807, 2.05) is 6.20 Å². The van der Waals surface area contributed by atoms with Gasteiger partial charge in [-0.1, -0.05) is 84.4 Å². The molecule has 0 unspecified atom stereocenters. The van der Waals surface area contributed by atoms with Crippen molar-refractivity contribution in [2.75, 3.05) is 0 Å². The van der Waals surface area contributed by atoms with Crippen LogP contribution < -0.4 is 0 Å². The maximum Gasteiger partial charge on any atom is 0.0714 e. The van der Waals surface area contributed by atoms with E-state index in [9.17, 15) is 0 Å². The van der Waals surface area contributed by atoms with Crippen molar-refractivity contribution >= 4 is 43.1 Å². The molecule has 0 atom stereocenters. The van der Waals surface area contributed by atoms with E-state index in [-0.39, 0.29) is 0 Å². The summed E-state index contributed by atoms with van der Waals surface area (Å²) in [6.45, 7) is 4.41. The standard InChI is InChI=1S/C35H23N/c1-20-11-13-25-28(15-20)31(33-16-22-7-3-4-8-23(22)19-36-33)17-30-27-14-12-21(2)34-26-10-6-5-9-24(26)32(35(27)34)18-29(25)30/h3-19H,1-2H3. The van der Waals surface area contributed by atoms with Gasteiger partial charge in [0.05, 0.1) is 5.69 Å². The zero-order valence-corrected chi connectivity index (χ0v) is 20.3. The molecule has 1 nitrogen and oxygen atoms in total. The number of hydrogen-bond acceptors (Lipinski definition) is 1. The molecule has 0 saturated heterocycles. The van der Waals surface area contributed by atoms with Crippen LogP contribution in [0.15, 0.2) is 103 Å². The van der Waals surface area contributed by atoms with E-state index in [0.717, 1.165) is 5.69 Å². The van der Waals surface area contributed by atoms with E-state index < -0.39 is 0 Å². The Morgan fingerprint density at radius 2 is 1.22 bits per heavy atom. The fraction of sp³-hybridized carbons (Fsp3) is 0.0571.